The first-order valence-electron chi connectivity index (χ1n) is 6.93. The van der Waals surface area contributed by atoms with E-state index in [9.17, 15) is 9.59 Å². The summed E-state index contributed by atoms with van der Waals surface area (Å²) < 4.78 is 7.16. The van der Waals surface area contributed by atoms with Gasteiger partial charge in [-0.05, 0) is 75.9 Å². The Labute approximate surface area is 162 Å². The summed E-state index contributed by atoms with van der Waals surface area (Å²) in [7, 11) is 0. The Morgan fingerprint density at radius 2 is 1.70 bits per heavy atom. The van der Waals surface area contributed by atoms with Gasteiger partial charge >= 0.3 is 5.97 Å². The molecular weight excluding hydrogens is 520 g/mol. The van der Waals surface area contributed by atoms with Crippen molar-refractivity contribution in [3.8, 4) is 0 Å². The van der Waals surface area contributed by atoms with Gasteiger partial charge in [0.25, 0.3) is 5.91 Å². The summed E-state index contributed by atoms with van der Waals surface area (Å²) in [4.78, 5) is 24.2. The molecule has 0 spiro atoms. The zero-order valence-electron chi connectivity index (χ0n) is 12.4. The molecule has 0 aliphatic rings. The Bertz CT molecular complexity index is 684. The molecule has 0 heterocycles. The predicted octanol–water partition coefficient (Wildman–Crippen LogP) is 3.76. The average molecular weight is 535 g/mol. The number of hydrogen-bond acceptors (Lipinski definition) is 3. The molecule has 0 saturated heterocycles. The number of esters is 1. The van der Waals surface area contributed by atoms with E-state index in [1.807, 2.05) is 36.4 Å². The first kappa shape index (κ1) is 18.2. The van der Waals surface area contributed by atoms with Gasteiger partial charge in [-0.15, -0.1) is 0 Å². The largest absolute Gasteiger partial charge is 0.459 e. The van der Waals surface area contributed by atoms with Gasteiger partial charge in [-0.2, -0.15) is 0 Å². The summed E-state index contributed by atoms with van der Waals surface area (Å²) >= 11 is 4.31. The summed E-state index contributed by atoms with van der Waals surface area (Å²) in [6.45, 7) is 1.81. The van der Waals surface area contributed by atoms with Crippen molar-refractivity contribution >= 4 is 57.1 Å². The van der Waals surface area contributed by atoms with Crippen LogP contribution in [0.25, 0.3) is 0 Å². The first-order valence-corrected chi connectivity index (χ1v) is 9.09. The third-order valence-electron chi connectivity index (χ3n) is 3.05. The normalized spacial score (nSPS) is 11.6. The number of nitrogens with one attached hydrogen (secondary N) is 1. The van der Waals surface area contributed by atoms with Crippen molar-refractivity contribution in [2.75, 3.05) is 0 Å². The molecule has 1 amide bonds. The second-order valence-corrected chi connectivity index (χ2v) is 7.44. The molecule has 0 aromatic heterocycles. The lowest BCUT2D eigenvalue weighted by Gasteiger charge is -2.14. The first-order chi connectivity index (χ1) is 11.0. The van der Waals surface area contributed by atoms with Crippen LogP contribution in [0.1, 0.15) is 22.8 Å². The van der Waals surface area contributed by atoms with Crippen molar-refractivity contribution in [2.24, 2.45) is 0 Å². The number of rotatable bonds is 5. The molecule has 120 valence electrons. The fourth-order valence-electron chi connectivity index (χ4n) is 1.88. The quantitative estimate of drug-likeness (QED) is 0.469. The summed E-state index contributed by atoms with van der Waals surface area (Å²) in [5.74, 6) is -0.742. The minimum Gasteiger partial charge on any atom is -0.459 e. The predicted molar refractivity (Wildman–Crippen MR) is 105 cm³/mol. The van der Waals surface area contributed by atoms with Crippen molar-refractivity contribution in [2.45, 2.75) is 19.6 Å². The zero-order chi connectivity index (χ0) is 16.8. The van der Waals surface area contributed by atoms with Crippen molar-refractivity contribution in [1.29, 1.82) is 0 Å². The Balaban J connectivity index is 1.91. The van der Waals surface area contributed by atoms with E-state index in [4.69, 9.17) is 4.74 Å². The molecular formula is C17H15I2NO3. The molecule has 0 fully saturated rings. The van der Waals surface area contributed by atoms with Gasteiger partial charge in [-0.3, -0.25) is 4.79 Å². The molecule has 0 radical (unpaired) electrons. The minimum absolute atomic E-state index is 0.195. The summed E-state index contributed by atoms with van der Waals surface area (Å²) in [6.07, 6.45) is 0. The molecule has 0 aliphatic carbocycles. The van der Waals surface area contributed by atoms with Gasteiger partial charge in [0.2, 0.25) is 0 Å². The molecule has 0 unspecified atom stereocenters. The van der Waals surface area contributed by atoms with Crippen LogP contribution in [0, 0.1) is 7.14 Å². The van der Waals surface area contributed by atoms with E-state index >= 15 is 0 Å². The Hall–Kier alpha value is -1.16. The van der Waals surface area contributed by atoms with Crippen molar-refractivity contribution in [1.82, 2.24) is 5.32 Å². The topological polar surface area (TPSA) is 55.4 Å². The molecule has 2 rings (SSSR count). The van der Waals surface area contributed by atoms with Crippen LogP contribution in [0.5, 0.6) is 0 Å². The van der Waals surface area contributed by atoms with Gasteiger partial charge in [0.05, 0.1) is 0 Å². The lowest BCUT2D eigenvalue weighted by Crippen LogP contribution is -2.39. The number of ether oxygens (including phenoxy) is 1. The maximum atomic E-state index is 12.2. The minimum atomic E-state index is -0.707. The number of halogens is 2. The highest BCUT2D eigenvalue weighted by Gasteiger charge is 2.18. The van der Waals surface area contributed by atoms with E-state index in [0.29, 0.717) is 5.56 Å². The number of amides is 1. The number of benzene rings is 2. The van der Waals surface area contributed by atoms with Crippen LogP contribution in [0.3, 0.4) is 0 Å². The highest BCUT2D eigenvalue weighted by Crippen LogP contribution is 2.14. The fraction of sp³-hybridized carbons (Fsp3) is 0.176. The molecule has 0 aliphatic heterocycles. The summed E-state index contributed by atoms with van der Waals surface area (Å²) in [5.41, 5.74) is 1.44. The van der Waals surface area contributed by atoms with Crippen LogP contribution in [0.2, 0.25) is 0 Å². The highest BCUT2D eigenvalue weighted by atomic mass is 127. The average Bonchev–Trinajstić information content (AvgIpc) is 2.52. The highest BCUT2D eigenvalue weighted by molar-refractivity contribution is 14.1. The molecule has 1 atom stereocenters. The van der Waals surface area contributed by atoms with E-state index in [-0.39, 0.29) is 12.5 Å². The number of carbonyl (C=O) groups excluding carboxylic acids is 2. The van der Waals surface area contributed by atoms with Gasteiger partial charge in [0.15, 0.2) is 0 Å². The number of carbonyl (C=O) groups is 2. The SMILES string of the molecule is C[C@H](NC(=O)c1cc(I)cc(I)c1)C(=O)OCc1ccccc1. The van der Waals surface area contributed by atoms with E-state index < -0.39 is 12.0 Å². The summed E-state index contributed by atoms with van der Waals surface area (Å²) in [5, 5.41) is 2.67. The third kappa shape index (κ3) is 5.76. The van der Waals surface area contributed by atoms with E-state index in [1.165, 1.54) is 0 Å². The fourth-order valence-corrected chi connectivity index (χ4v) is 3.82. The maximum absolute atomic E-state index is 12.2. The van der Waals surface area contributed by atoms with Gasteiger partial charge in [0.1, 0.15) is 12.6 Å². The van der Waals surface area contributed by atoms with Gasteiger partial charge in [0, 0.05) is 12.7 Å². The van der Waals surface area contributed by atoms with Crippen molar-refractivity contribution in [3.63, 3.8) is 0 Å². The van der Waals surface area contributed by atoms with Crippen LogP contribution in [-0.4, -0.2) is 17.9 Å². The van der Waals surface area contributed by atoms with Gasteiger partial charge < -0.3 is 10.1 Å². The molecule has 2 aromatic rings. The molecule has 0 bridgehead atoms. The van der Waals surface area contributed by atoms with E-state index in [1.54, 1.807) is 19.1 Å². The molecule has 2 aromatic carbocycles. The molecule has 0 saturated carbocycles. The Morgan fingerprint density at radius 3 is 2.30 bits per heavy atom. The van der Waals surface area contributed by atoms with E-state index in [2.05, 4.69) is 50.5 Å². The van der Waals surface area contributed by atoms with E-state index in [0.717, 1.165) is 12.7 Å². The molecule has 6 heteroatoms. The van der Waals surface area contributed by atoms with Crippen LogP contribution < -0.4 is 5.32 Å². The summed E-state index contributed by atoms with van der Waals surface area (Å²) in [6, 6.07) is 14.2. The second-order valence-electron chi connectivity index (χ2n) is 4.95. The maximum Gasteiger partial charge on any atom is 0.328 e. The Morgan fingerprint density at radius 1 is 1.09 bits per heavy atom. The third-order valence-corrected chi connectivity index (χ3v) is 4.30. The van der Waals surface area contributed by atoms with Crippen LogP contribution >= 0.6 is 45.2 Å². The molecule has 1 N–H and O–H groups in total. The van der Waals surface area contributed by atoms with Gasteiger partial charge in [-0.25, -0.2) is 4.79 Å². The van der Waals surface area contributed by atoms with Crippen LogP contribution in [-0.2, 0) is 16.1 Å². The second kappa shape index (κ2) is 8.62. The smallest absolute Gasteiger partial charge is 0.328 e. The Kier molecular flexibility index (Phi) is 6.82. The lowest BCUT2D eigenvalue weighted by molar-refractivity contribution is -0.146. The lowest BCUT2D eigenvalue weighted by atomic mass is 10.2. The zero-order valence-corrected chi connectivity index (χ0v) is 16.7. The molecule has 4 nitrogen and oxygen atoms in total. The monoisotopic (exact) mass is 535 g/mol. The van der Waals surface area contributed by atoms with Crippen molar-refractivity contribution in [3.05, 3.63) is 66.8 Å². The number of hydrogen-bond donors (Lipinski definition) is 1. The van der Waals surface area contributed by atoms with Gasteiger partial charge in [-0.1, -0.05) is 30.3 Å². The molecule has 23 heavy (non-hydrogen) atoms. The van der Waals surface area contributed by atoms with Crippen molar-refractivity contribution < 1.29 is 14.3 Å². The standard InChI is InChI=1S/C17H15I2NO3/c1-11(17(22)23-10-12-5-3-2-4-6-12)20-16(21)13-7-14(18)9-15(19)8-13/h2-9,11H,10H2,1H3,(H,20,21)/t11-/m0/s1. The van der Waals surface area contributed by atoms with Crippen LogP contribution in [0.15, 0.2) is 48.5 Å². The van der Waals surface area contributed by atoms with Crippen LogP contribution in [0.4, 0.5) is 0 Å².